The third-order valence-corrected chi connectivity index (χ3v) is 4.36. The predicted octanol–water partition coefficient (Wildman–Crippen LogP) is 0.364. The molecule has 8 heteroatoms. The molecule has 0 saturated heterocycles. The second-order valence-electron chi connectivity index (χ2n) is 4.82. The lowest BCUT2D eigenvalue weighted by Gasteiger charge is -2.14. The zero-order valence-electron chi connectivity index (χ0n) is 12.0. The van der Waals surface area contributed by atoms with Gasteiger partial charge in [-0.3, -0.25) is 0 Å². The van der Waals surface area contributed by atoms with Crippen molar-refractivity contribution >= 4 is 10.0 Å². The average molecular weight is 309 g/mol. The van der Waals surface area contributed by atoms with Crippen LogP contribution in [0.1, 0.15) is 12.5 Å². The second kappa shape index (κ2) is 6.79. The Morgan fingerprint density at radius 1 is 1.38 bits per heavy atom. The second-order valence-corrected chi connectivity index (χ2v) is 6.48. The van der Waals surface area contributed by atoms with Crippen molar-refractivity contribution in [3.8, 4) is 0 Å². The van der Waals surface area contributed by atoms with Gasteiger partial charge in [-0.15, -0.1) is 0 Å². The van der Waals surface area contributed by atoms with Crippen molar-refractivity contribution in [1.29, 1.82) is 0 Å². The number of nitrogens with one attached hydrogen (secondary N) is 2. The van der Waals surface area contributed by atoms with E-state index in [4.69, 9.17) is 0 Å². The number of sulfonamides is 1. The fraction of sp³-hybridized carbons (Fsp3) is 0.385. The highest BCUT2D eigenvalue weighted by Gasteiger charge is 2.18. The number of rotatable bonds is 7. The molecule has 0 saturated carbocycles. The molecule has 7 nitrogen and oxygen atoms in total. The molecule has 0 aliphatic rings. The number of pyridine rings is 1. The quantitative estimate of drug-likeness (QED) is 0.771. The molecule has 2 heterocycles. The predicted molar refractivity (Wildman–Crippen MR) is 79.0 cm³/mol. The Bertz CT molecular complexity index is 652. The highest BCUT2D eigenvalue weighted by atomic mass is 32.2. The summed E-state index contributed by atoms with van der Waals surface area (Å²) < 4.78 is 28.9. The van der Waals surface area contributed by atoms with Crippen molar-refractivity contribution < 1.29 is 8.42 Å². The first-order valence-electron chi connectivity index (χ1n) is 6.59. The van der Waals surface area contributed by atoms with Gasteiger partial charge < -0.3 is 9.88 Å². The summed E-state index contributed by atoms with van der Waals surface area (Å²) in [6.45, 7) is 2.96. The summed E-state index contributed by atoms with van der Waals surface area (Å²) >= 11 is 0. The first-order chi connectivity index (χ1) is 10.0. The molecule has 0 aromatic carbocycles. The van der Waals surface area contributed by atoms with Crippen LogP contribution in [0.4, 0.5) is 0 Å². The molecule has 0 amide bonds. The summed E-state index contributed by atoms with van der Waals surface area (Å²) in [7, 11) is -1.79. The zero-order chi connectivity index (χ0) is 15.3. The lowest BCUT2D eigenvalue weighted by atomic mass is 10.3. The van der Waals surface area contributed by atoms with Gasteiger partial charge in [0.1, 0.15) is 0 Å². The normalized spacial score (nSPS) is 13.2. The first-order valence-corrected chi connectivity index (χ1v) is 8.07. The highest BCUT2D eigenvalue weighted by molar-refractivity contribution is 7.89. The molecule has 2 aromatic heterocycles. The van der Waals surface area contributed by atoms with Gasteiger partial charge >= 0.3 is 0 Å². The van der Waals surface area contributed by atoms with Crippen LogP contribution in [0.5, 0.6) is 0 Å². The van der Waals surface area contributed by atoms with E-state index in [0.717, 1.165) is 5.56 Å². The summed E-state index contributed by atoms with van der Waals surface area (Å²) in [5.74, 6) is 0. The summed E-state index contributed by atoms with van der Waals surface area (Å²) in [6.07, 6.45) is 6.65. The van der Waals surface area contributed by atoms with Crippen LogP contribution in [0, 0.1) is 0 Å². The SMILES string of the molecule is CNCc1ccc(S(=O)(=O)NC(C)Cn2ccnc2)nc1. The Kier molecular flexibility index (Phi) is 5.05. The monoisotopic (exact) mass is 309 g/mol. The maximum atomic E-state index is 12.2. The van der Waals surface area contributed by atoms with Gasteiger partial charge in [0.2, 0.25) is 0 Å². The van der Waals surface area contributed by atoms with Gasteiger partial charge in [-0.05, 0) is 25.6 Å². The van der Waals surface area contributed by atoms with Crippen molar-refractivity contribution in [2.24, 2.45) is 0 Å². The topological polar surface area (TPSA) is 88.9 Å². The first kappa shape index (κ1) is 15.6. The van der Waals surface area contributed by atoms with Gasteiger partial charge in [0.05, 0.1) is 6.33 Å². The van der Waals surface area contributed by atoms with Gasteiger partial charge in [0.15, 0.2) is 5.03 Å². The van der Waals surface area contributed by atoms with E-state index in [-0.39, 0.29) is 11.1 Å². The Morgan fingerprint density at radius 2 is 2.19 bits per heavy atom. The minimum absolute atomic E-state index is 0.0276. The fourth-order valence-electron chi connectivity index (χ4n) is 1.95. The molecule has 1 atom stereocenters. The number of imidazole rings is 1. The molecule has 0 aliphatic heterocycles. The molecule has 2 rings (SSSR count). The molecule has 2 aromatic rings. The summed E-state index contributed by atoms with van der Waals surface area (Å²) in [6, 6.07) is 3.00. The van der Waals surface area contributed by atoms with E-state index < -0.39 is 10.0 Å². The molecule has 0 spiro atoms. The van der Waals surface area contributed by atoms with Crippen LogP contribution >= 0.6 is 0 Å². The zero-order valence-corrected chi connectivity index (χ0v) is 12.8. The molecule has 0 bridgehead atoms. The van der Waals surface area contributed by atoms with E-state index in [0.29, 0.717) is 13.1 Å². The smallest absolute Gasteiger partial charge is 0.258 e. The van der Waals surface area contributed by atoms with E-state index in [2.05, 4.69) is 20.0 Å². The van der Waals surface area contributed by atoms with Crippen LogP contribution in [-0.4, -0.2) is 36.0 Å². The van der Waals surface area contributed by atoms with Crippen molar-refractivity contribution in [2.75, 3.05) is 7.05 Å². The maximum Gasteiger partial charge on any atom is 0.258 e. The summed E-state index contributed by atoms with van der Waals surface area (Å²) in [5.41, 5.74) is 0.933. The fourth-order valence-corrected chi connectivity index (χ4v) is 3.12. The van der Waals surface area contributed by atoms with E-state index in [1.807, 2.05) is 11.6 Å². The van der Waals surface area contributed by atoms with E-state index in [1.54, 1.807) is 37.9 Å². The molecule has 0 fully saturated rings. The highest BCUT2D eigenvalue weighted by Crippen LogP contribution is 2.08. The summed E-state index contributed by atoms with van der Waals surface area (Å²) in [4.78, 5) is 7.93. The van der Waals surface area contributed by atoms with E-state index in [9.17, 15) is 8.42 Å². The molecule has 2 N–H and O–H groups in total. The minimum atomic E-state index is -3.61. The molecule has 1 unspecified atom stereocenters. The molecular formula is C13H19N5O2S. The van der Waals surface area contributed by atoms with Gasteiger partial charge in [-0.2, -0.15) is 0 Å². The van der Waals surface area contributed by atoms with Crippen LogP contribution in [0.2, 0.25) is 0 Å². The number of hydrogen-bond donors (Lipinski definition) is 2. The van der Waals surface area contributed by atoms with Gasteiger partial charge in [-0.1, -0.05) is 6.07 Å². The largest absolute Gasteiger partial charge is 0.336 e. The van der Waals surface area contributed by atoms with Crippen molar-refractivity contribution in [1.82, 2.24) is 24.6 Å². The van der Waals surface area contributed by atoms with Crippen molar-refractivity contribution in [2.45, 2.75) is 31.1 Å². The molecule has 21 heavy (non-hydrogen) atoms. The Morgan fingerprint density at radius 3 is 2.76 bits per heavy atom. The molecule has 114 valence electrons. The van der Waals surface area contributed by atoms with Crippen molar-refractivity contribution in [3.05, 3.63) is 42.6 Å². The Balaban J connectivity index is 2.03. The average Bonchev–Trinajstić information content (AvgIpc) is 2.92. The molecule has 0 aliphatic carbocycles. The number of hydrogen-bond acceptors (Lipinski definition) is 5. The van der Waals surface area contributed by atoms with Crippen LogP contribution in [0.25, 0.3) is 0 Å². The van der Waals surface area contributed by atoms with E-state index in [1.165, 1.54) is 6.07 Å². The lowest BCUT2D eigenvalue weighted by Crippen LogP contribution is -2.35. The van der Waals surface area contributed by atoms with Gasteiger partial charge in [-0.25, -0.2) is 23.1 Å². The van der Waals surface area contributed by atoms with Crippen LogP contribution in [-0.2, 0) is 23.1 Å². The number of aromatic nitrogens is 3. The minimum Gasteiger partial charge on any atom is -0.336 e. The number of nitrogens with zero attached hydrogens (tertiary/aromatic N) is 3. The third kappa shape index (κ3) is 4.35. The standard InChI is InChI=1S/C13H19N5O2S/c1-11(9-18-6-5-15-10-18)17-21(19,20)13-4-3-12(7-14-2)8-16-13/h3-6,8,10-11,14,17H,7,9H2,1-2H3. The Hall–Kier alpha value is -1.77. The van der Waals surface area contributed by atoms with Crippen molar-refractivity contribution in [3.63, 3.8) is 0 Å². The van der Waals surface area contributed by atoms with Gasteiger partial charge in [0.25, 0.3) is 10.0 Å². The van der Waals surface area contributed by atoms with Crippen LogP contribution in [0.15, 0.2) is 42.1 Å². The molecular weight excluding hydrogens is 290 g/mol. The lowest BCUT2D eigenvalue weighted by molar-refractivity contribution is 0.518. The van der Waals surface area contributed by atoms with Gasteiger partial charge in [0, 0.05) is 37.7 Å². The van der Waals surface area contributed by atoms with Crippen LogP contribution in [0.3, 0.4) is 0 Å². The third-order valence-electron chi connectivity index (χ3n) is 2.85. The summed E-state index contributed by atoms with van der Waals surface area (Å²) in [5, 5.41) is 3.01. The van der Waals surface area contributed by atoms with E-state index >= 15 is 0 Å². The van der Waals surface area contributed by atoms with Crippen LogP contribution < -0.4 is 10.0 Å². The maximum absolute atomic E-state index is 12.2. The Labute approximate surface area is 124 Å². The molecule has 0 radical (unpaired) electrons.